The van der Waals surface area contributed by atoms with Gasteiger partial charge in [0.05, 0.1) is 17.3 Å². The van der Waals surface area contributed by atoms with Gasteiger partial charge in [-0.1, -0.05) is 72.7 Å². The molecule has 8 atom stereocenters. The van der Waals surface area contributed by atoms with Gasteiger partial charge in [-0.2, -0.15) is 0 Å². The maximum absolute atomic E-state index is 14.9. The van der Waals surface area contributed by atoms with Crippen LogP contribution in [-0.2, 0) is 30.3 Å². The fourth-order valence-corrected chi connectivity index (χ4v) is 13.5. The van der Waals surface area contributed by atoms with Gasteiger partial charge >= 0.3 is 11.9 Å². The summed E-state index contributed by atoms with van der Waals surface area (Å²) in [5.41, 5.74) is 0.879. The third-order valence-electron chi connectivity index (χ3n) is 16.4. The van der Waals surface area contributed by atoms with Crippen molar-refractivity contribution in [1.29, 1.82) is 0 Å². The van der Waals surface area contributed by atoms with Crippen LogP contribution in [0.3, 0.4) is 0 Å². The minimum atomic E-state index is -1.17. The van der Waals surface area contributed by atoms with E-state index in [1.165, 1.54) is 5.57 Å². The van der Waals surface area contributed by atoms with Crippen LogP contribution in [0.5, 0.6) is 0 Å². The number of carbonyl (C=O) groups excluding carboxylic acids is 3. The molecule has 0 aliphatic heterocycles. The Balaban J connectivity index is 1.20. The second-order valence-corrected chi connectivity index (χ2v) is 20.1. The van der Waals surface area contributed by atoms with E-state index in [1.807, 2.05) is 30.6 Å². The molecule has 0 saturated heterocycles. The molecule has 2 aromatic rings. The predicted molar refractivity (Wildman–Crippen MR) is 206 cm³/mol. The Morgan fingerprint density at radius 3 is 2.32 bits per heavy atom. The van der Waals surface area contributed by atoms with Gasteiger partial charge in [-0.05, 0) is 127 Å². The number of benzene rings is 1. The molecule has 1 heterocycles. The van der Waals surface area contributed by atoms with Crippen LogP contribution >= 0.6 is 0 Å². The van der Waals surface area contributed by atoms with Crippen molar-refractivity contribution in [3.05, 3.63) is 53.4 Å². The number of esters is 1. The van der Waals surface area contributed by atoms with E-state index in [4.69, 9.17) is 4.74 Å². The number of aliphatic carboxylic acids is 1. The maximum Gasteiger partial charge on any atom is 0.309 e. The Labute approximate surface area is 316 Å². The van der Waals surface area contributed by atoms with Crippen molar-refractivity contribution >= 4 is 34.3 Å². The summed E-state index contributed by atoms with van der Waals surface area (Å²) in [5, 5.41) is 11.7. The molecule has 7 nitrogen and oxygen atoms in total. The van der Waals surface area contributed by atoms with Crippen molar-refractivity contribution in [3.63, 3.8) is 0 Å². The molecular formula is C46H61NO6. The van der Waals surface area contributed by atoms with Gasteiger partial charge in [-0.25, -0.2) is 0 Å². The zero-order chi connectivity index (χ0) is 38.5. The van der Waals surface area contributed by atoms with E-state index in [1.54, 1.807) is 13.8 Å². The van der Waals surface area contributed by atoms with Gasteiger partial charge in [0, 0.05) is 36.0 Å². The van der Waals surface area contributed by atoms with Crippen molar-refractivity contribution in [3.8, 4) is 0 Å². The first-order valence-corrected chi connectivity index (χ1v) is 20.3. The Morgan fingerprint density at radius 2 is 1.62 bits per heavy atom. The first-order valence-electron chi connectivity index (χ1n) is 20.3. The van der Waals surface area contributed by atoms with E-state index in [-0.39, 0.29) is 64.0 Å². The fourth-order valence-electron chi connectivity index (χ4n) is 13.5. The topological polar surface area (TPSA) is 111 Å². The minimum absolute atomic E-state index is 0.0156. The third-order valence-corrected chi connectivity index (χ3v) is 16.4. The molecule has 0 radical (unpaired) electrons. The van der Waals surface area contributed by atoms with Crippen molar-refractivity contribution in [1.82, 2.24) is 4.98 Å². The summed E-state index contributed by atoms with van der Waals surface area (Å²) < 4.78 is 6.17. The number of rotatable bonds is 8. The number of Topliss-reactive ketones (excluding diaryl/α,β-unsaturated/α-hetero) is 2. The second-order valence-electron chi connectivity index (χ2n) is 20.1. The number of ether oxygens (including phenoxy) is 1. The molecule has 1 aromatic carbocycles. The molecule has 1 N–H and O–H groups in total. The summed E-state index contributed by atoms with van der Waals surface area (Å²) in [6.45, 7) is 19.5. The number of hydrogen-bond acceptors (Lipinski definition) is 6. The number of aromatic nitrogens is 1. The molecule has 0 unspecified atom stereocenters. The van der Waals surface area contributed by atoms with Crippen LogP contribution in [0.25, 0.3) is 10.8 Å². The Hall–Kier alpha value is -3.35. The molecule has 286 valence electrons. The minimum Gasteiger partial charge on any atom is -0.481 e. The summed E-state index contributed by atoms with van der Waals surface area (Å²) in [6.07, 6.45) is 11.4. The molecule has 7 rings (SSSR count). The highest BCUT2D eigenvalue weighted by molar-refractivity contribution is 6.08. The van der Waals surface area contributed by atoms with Gasteiger partial charge in [0.25, 0.3) is 0 Å². The van der Waals surface area contributed by atoms with Crippen LogP contribution in [0.15, 0.2) is 47.8 Å². The van der Waals surface area contributed by atoms with Crippen molar-refractivity contribution in [2.24, 2.45) is 56.2 Å². The van der Waals surface area contributed by atoms with E-state index >= 15 is 0 Å². The van der Waals surface area contributed by atoms with Gasteiger partial charge < -0.3 is 9.84 Å². The highest BCUT2D eigenvalue weighted by Crippen LogP contribution is 2.77. The second kappa shape index (κ2) is 12.6. The van der Waals surface area contributed by atoms with Gasteiger partial charge in [0.2, 0.25) is 0 Å². The molecule has 53 heavy (non-hydrogen) atoms. The number of carbonyl (C=O) groups is 4. The summed E-state index contributed by atoms with van der Waals surface area (Å²) >= 11 is 0. The van der Waals surface area contributed by atoms with E-state index in [0.29, 0.717) is 24.7 Å². The number of hydrogen-bond donors (Lipinski definition) is 1. The predicted octanol–water partition coefficient (Wildman–Crippen LogP) is 9.74. The number of pyridine rings is 1. The quantitative estimate of drug-likeness (QED) is 0.270. The lowest BCUT2D eigenvalue weighted by molar-refractivity contribution is -0.233. The maximum atomic E-state index is 14.9. The molecule has 4 fully saturated rings. The Kier molecular flexibility index (Phi) is 9.02. The van der Waals surface area contributed by atoms with E-state index < -0.39 is 22.8 Å². The smallest absolute Gasteiger partial charge is 0.309 e. The largest absolute Gasteiger partial charge is 0.481 e. The SMILES string of the molecule is CC(C)C1=C2[C@H]3CC[C@@H]4[C@@]5(C)CC[C@H](OC(=O)CC(C)(C)C(=O)O)C(C)(C)[C@@H]5CC[C@@]4(C)[C@]3(C)CC[C@@]2(C(=O)Cc2cncc3ccccc23)CC1=O. The standard InChI is InChI=1S/C46H61NO6/c1-27(2)38-32(48)23-46(35(49)22-29-26-47-25-28-12-10-11-13-30(28)29)21-20-44(8)31(39(38)46)14-15-34-43(7)18-17-36(53-37(50)24-41(3,4)40(51)52)42(5,6)33(43)16-19-45(34,44)9/h10-13,25-27,31,33-34,36H,14-24H2,1-9H3,(H,51,52)/t31-,33+,34-,36+,43+,44-,45-,46+/m1/s1. The highest BCUT2D eigenvalue weighted by Gasteiger charge is 2.71. The monoisotopic (exact) mass is 723 g/mol. The first-order chi connectivity index (χ1) is 24.7. The Morgan fingerprint density at radius 1 is 0.906 bits per heavy atom. The average molecular weight is 724 g/mol. The number of carboxylic acid groups (broad SMARTS) is 1. The molecule has 1 aromatic heterocycles. The summed E-state index contributed by atoms with van der Waals surface area (Å²) in [7, 11) is 0. The lowest BCUT2D eigenvalue weighted by Gasteiger charge is -2.72. The molecular weight excluding hydrogens is 663 g/mol. The van der Waals surface area contributed by atoms with Crippen molar-refractivity contribution in [2.45, 2.75) is 139 Å². The van der Waals surface area contributed by atoms with Crippen molar-refractivity contribution < 1.29 is 29.0 Å². The zero-order valence-electron chi connectivity index (χ0n) is 33.6. The van der Waals surface area contributed by atoms with E-state index in [0.717, 1.165) is 66.9 Å². The molecule has 5 aliphatic carbocycles. The normalized spacial score (nSPS) is 36.4. The summed E-state index contributed by atoms with van der Waals surface area (Å²) in [4.78, 5) is 58.4. The van der Waals surface area contributed by atoms with Crippen LogP contribution < -0.4 is 0 Å². The van der Waals surface area contributed by atoms with Gasteiger partial charge in [-0.3, -0.25) is 24.2 Å². The molecule has 4 saturated carbocycles. The molecule has 0 bridgehead atoms. The summed E-state index contributed by atoms with van der Waals surface area (Å²) in [5.74, 6) is -0.0120. The number of allylic oxidation sites excluding steroid dienone is 2. The number of nitrogens with zero attached hydrogens (tertiary/aromatic N) is 1. The first kappa shape index (κ1) is 37.9. The lowest BCUT2D eigenvalue weighted by Crippen LogP contribution is -2.66. The number of ketones is 2. The molecule has 7 heteroatoms. The number of fused-ring (bicyclic) bond motifs is 8. The van der Waals surface area contributed by atoms with Crippen LogP contribution in [0.2, 0.25) is 0 Å². The van der Waals surface area contributed by atoms with Crippen LogP contribution in [0, 0.1) is 56.2 Å². The lowest BCUT2D eigenvalue weighted by atomic mass is 9.33. The highest BCUT2D eigenvalue weighted by atomic mass is 16.5. The van der Waals surface area contributed by atoms with E-state index in [9.17, 15) is 24.3 Å². The van der Waals surface area contributed by atoms with Gasteiger partial charge in [-0.15, -0.1) is 0 Å². The summed E-state index contributed by atoms with van der Waals surface area (Å²) in [6, 6.07) is 8.13. The van der Waals surface area contributed by atoms with Crippen LogP contribution in [-0.4, -0.2) is 39.7 Å². The van der Waals surface area contributed by atoms with Crippen molar-refractivity contribution in [2.75, 3.05) is 0 Å². The average Bonchev–Trinajstić information content (AvgIpc) is 3.39. The fraction of sp³-hybridized carbons (Fsp3) is 0.674. The third kappa shape index (κ3) is 5.51. The Bertz CT molecular complexity index is 1900. The van der Waals surface area contributed by atoms with Crippen LogP contribution in [0.1, 0.15) is 132 Å². The molecule has 5 aliphatic rings. The van der Waals surface area contributed by atoms with Crippen LogP contribution in [0.4, 0.5) is 0 Å². The van der Waals surface area contributed by atoms with Gasteiger partial charge in [0.15, 0.2) is 5.78 Å². The zero-order valence-corrected chi connectivity index (χ0v) is 33.6. The number of carboxylic acids is 1. The molecule has 0 spiro atoms. The molecule has 0 amide bonds. The van der Waals surface area contributed by atoms with E-state index in [2.05, 4.69) is 59.5 Å². The van der Waals surface area contributed by atoms with Gasteiger partial charge in [0.1, 0.15) is 11.9 Å².